The van der Waals surface area contributed by atoms with E-state index >= 15 is 0 Å². The highest BCUT2D eigenvalue weighted by Gasteiger charge is 2.46. The minimum absolute atomic E-state index is 0.0300. The van der Waals surface area contributed by atoms with Gasteiger partial charge in [0.05, 0.1) is 31.4 Å². The standard InChI is InChI=1S/C26H28N2O6/c1-33-20-11-9-18(10-12-20)23(29)21-22(17-5-7-19(8-6-17)26(32)34-2)28(25(31)24(21)30)16-15-27-13-3-4-14-27/h5-12,22,29H,3-4,13-16H2,1-2H3/b23-21+. The Bertz CT molecular complexity index is 1100. The average Bonchev–Trinajstić information content (AvgIpc) is 3.48. The molecule has 2 fully saturated rings. The molecular weight excluding hydrogens is 436 g/mol. The lowest BCUT2D eigenvalue weighted by Gasteiger charge is -2.27. The van der Waals surface area contributed by atoms with Crippen molar-refractivity contribution < 1.29 is 29.0 Å². The maximum absolute atomic E-state index is 13.1. The molecule has 0 saturated carbocycles. The molecule has 2 saturated heterocycles. The van der Waals surface area contributed by atoms with Crippen LogP contribution in [-0.2, 0) is 14.3 Å². The molecule has 0 radical (unpaired) electrons. The number of Topliss-reactive ketones (excluding diaryl/α,β-unsaturated/α-hetero) is 1. The Labute approximate surface area is 198 Å². The van der Waals surface area contributed by atoms with E-state index in [1.807, 2.05) is 0 Å². The van der Waals surface area contributed by atoms with Crippen molar-refractivity contribution in [2.75, 3.05) is 40.4 Å². The summed E-state index contributed by atoms with van der Waals surface area (Å²) < 4.78 is 9.94. The number of aliphatic hydroxyl groups excluding tert-OH is 1. The highest BCUT2D eigenvalue weighted by Crippen LogP contribution is 2.39. The van der Waals surface area contributed by atoms with Crippen LogP contribution in [0.4, 0.5) is 0 Å². The normalized spacial score (nSPS) is 20.1. The van der Waals surface area contributed by atoms with E-state index < -0.39 is 23.7 Å². The number of ether oxygens (including phenoxy) is 2. The van der Waals surface area contributed by atoms with E-state index in [2.05, 4.69) is 4.90 Å². The van der Waals surface area contributed by atoms with Gasteiger partial charge in [-0.1, -0.05) is 12.1 Å². The molecule has 2 aliphatic heterocycles. The molecular formula is C26H28N2O6. The number of benzene rings is 2. The van der Waals surface area contributed by atoms with E-state index in [-0.39, 0.29) is 11.3 Å². The van der Waals surface area contributed by atoms with Crippen LogP contribution in [-0.4, -0.2) is 73.0 Å². The fourth-order valence-corrected chi connectivity index (χ4v) is 4.54. The second-order valence-corrected chi connectivity index (χ2v) is 8.38. The van der Waals surface area contributed by atoms with Gasteiger partial charge in [0.15, 0.2) is 0 Å². The zero-order valence-electron chi connectivity index (χ0n) is 19.3. The first-order chi connectivity index (χ1) is 16.4. The van der Waals surface area contributed by atoms with Crippen molar-refractivity contribution in [1.82, 2.24) is 9.80 Å². The highest BCUT2D eigenvalue weighted by atomic mass is 16.5. The molecule has 0 aliphatic carbocycles. The Kier molecular flexibility index (Phi) is 6.98. The van der Waals surface area contributed by atoms with Gasteiger partial charge in [-0.25, -0.2) is 4.79 Å². The van der Waals surface area contributed by atoms with Crippen LogP contribution in [0.15, 0.2) is 54.1 Å². The topological polar surface area (TPSA) is 96.4 Å². The molecule has 8 heteroatoms. The summed E-state index contributed by atoms with van der Waals surface area (Å²) in [4.78, 5) is 41.9. The van der Waals surface area contributed by atoms with E-state index in [1.165, 1.54) is 12.0 Å². The van der Waals surface area contributed by atoms with E-state index in [9.17, 15) is 19.5 Å². The summed E-state index contributed by atoms with van der Waals surface area (Å²) in [5.41, 5.74) is 1.43. The molecule has 2 aromatic rings. The summed E-state index contributed by atoms with van der Waals surface area (Å²) in [6.45, 7) is 2.93. The molecule has 8 nitrogen and oxygen atoms in total. The quantitative estimate of drug-likeness (QED) is 0.291. The molecule has 1 unspecified atom stereocenters. The van der Waals surface area contributed by atoms with Gasteiger partial charge >= 0.3 is 5.97 Å². The van der Waals surface area contributed by atoms with E-state index in [0.29, 0.717) is 35.5 Å². The van der Waals surface area contributed by atoms with E-state index in [4.69, 9.17) is 9.47 Å². The highest BCUT2D eigenvalue weighted by molar-refractivity contribution is 6.46. The van der Waals surface area contributed by atoms with Crippen LogP contribution in [0.2, 0.25) is 0 Å². The largest absolute Gasteiger partial charge is 0.507 e. The third-order valence-electron chi connectivity index (χ3n) is 6.41. The second-order valence-electron chi connectivity index (χ2n) is 8.38. The van der Waals surface area contributed by atoms with Crippen molar-refractivity contribution in [3.05, 3.63) is 70.8 Å². The lowest BCUT2D eigenvalue weighted by molar-refractivity contribution is -0.140. The summed E-state index contributed by atoms with van der Waals surface area (Å²) in [5, 5.41) is 11.1. The van der Waals surface area contributed by atoms with Crippen LogP contribution in [0.25, 0.3) is 5.76 Å². The number of hydrogen-bond donors (Lipinski definition) is 1. The molecule has 2 aromatic carbocycles. The molecule has 0 bridgehead atoms. The summed E-state index contributed by atoms with van der Waals surface area (Å²) >= 11 is 0. The van der Waals surface area contributed by atoms with E-state index in [0.717, 1.165) is 25.9 Å². The van der Waals surface area contributed by atoms with Gasteiger partial charge in [-0.15, -0.1) is 0 Å². The number of amides is 1. The molecule has 1 N–H and O–H groups in total. The van der Waals surface area contributed by atoms with Gasteiger partial charge in [0, 0.05) is 18.7 Å². The monoisotopic (exact) mass is 464 g/mol. The first-order valence-electron chi connectivity index (χ1n) is 11.3. The average molecular weight is 465 g/mol. The zero-order chi connectivity index (χ0) is 24.2. The Balaban J connectivity index is 1.74. The number of aliphatic hydroxyl groups is 1. The van der Waals surface area contributed by atoms with Crippen molar-refractivity contribution in [1.29, 1.82) is 0 Å². The van der Waals surface area contributed by atoms with Crippen LogP contribution in [0, 0.1) is 0 Å². The molecule has 2 heterocycles. The van der Waals surface area contributed by atoms with Crippen molar-refractivity contribution >= 4 is 23.4 Å². The predicted octanol–water partition coefficient (Wildman–Crippen LogP) is 3.00. The first-order valence-corrected chi connectivity index (χ1v) is 11.3. The predicted molar refractivity (Wildman–Crippen MR) is 125 cm³/mol. The van der Waals surface area contributed by atoms with Gasteiger partial charge in [-0.2, -0.15) is 0 Å². The molecule has 34 heavy (non-hydrogen) atoms. The fourth-order valence-electron chi connectivity index (χ4n) is 4.54. The SMILES string of the molecule is COC(=O)c1ccc(C2/C(=C(\O)c3ccc(OC)cc3)C(=O)C(=O)N2CCN2CCCC2)cc1. The molecule has 4 rings (SSSR count). The summed E-state index contributed by atoms with van der Waals surface area (Å²) in [6.07, 6.45) is 2.24. The van der Waals surface area contributed by atoms with E-state index in [1.54, 1.807) is 55.6 Å². The number of carbonyl (C=O) groups excluding carboxylic acids is 3. The van der Waals surface area contributed by atoms with Crippen LogP contribution in [0.5, 0.6) is 5.75 Å². The molecule has 2 aliphatic rings. The fraction of sp³-hybridized carbons (Fsp3) is 0.346. The third-order valence-corrected chi connectivity index (χ3v) is 6.41. The number of hydrogen-bond acceptors (Lipinski definition) is 7. The third kappa shape index (κ3) is 4.54. The molecule has 178 valence electrons. The molecule has 0 spiro atoms. The smallest absolute Gasteiger partial charge is 0.337 e. The number of ketones is 1. The number of esters is 1. The van der Waals surface area contributed by atoms with Crippen molar-refractivity contribution in [3.8, 4) is 5.75 Å². The van der Waals surface area contributed by atoms with Gasteiger partial charge in [0.1, 0.15) is 11.5 Å². The molecule has 0 aromatic heterocycles. The minimum atomic E-state index is -0.767. The Morgan fingerprint density at radius 3 is 2.15 bits per heavy atom. The number of likely N-dealkylation sites (tertiary alicyclic amines) is 2. The Hall–Kier alpha value is -3.65. The summed E-state index contributed by atoms with van der Waals surface area (Å²) in [7, 11) is 2.84. The zero-order valence-corrected chi connectivity index (χ0v) is 19.3. The van der Waals surface area contributed by atoms with Gasteiger partial charge in [-0.3, -0.25) is 9.59 Å². The molecule has 1 amide bonds. The molecule has 1 atom stereocenters. The lowest BCUT2D eigenvalue weighted by atomic mass is 9.94. The first kappa shape index (κ1) is 23.5. The maximum Gasteiger partial charge on any atom is 0.337 e. The number of rotatable bonds is 7. The summed E-state index contributed by atoms with van der Waals surface area (Å²) in [6, 6.07) is 12.4. The Morgan fingerprint density at radius 1 is 0.941 bits per heavy atom. The van der Waals surface area contributed by atoms with Crippen LogP contribution in [0.1, 0.15) is 40.4 Å². The minimum Gasteiger partial charge on any atom is -0.507 e. The van der Waals surface area contributed by atoms with Crippen molar-refractivity contribution in [3.63, 3.8) is 0 Å². The van der Waals surface area contributed by atoms with Gasteiger partial charge in [-0.05, 0) is 67.9 Å². The van der Waals surface area contributed by atoms with Crippen molar-refractivity contribution in [2.24, 2.45) is 0 Å². The number of methoxy groups -OCH3 is 2. The Morgan fingerprint density at radius 2 is 1.56 bits per heavy atom. The number of nitrogens with zero attached hydrogens (tertiary/aromatic N) is 2. The van der Waals surface area contributed by atoms with Crippen LogP contribution in [0.3, 0.4) is 0 Å². The lowest BCUT2D eigenvalue weighted by Crippen LogP contribution is -2.37. The van der Waals surface area contributed by atoms with Crippen LogP contribution >= 0.6 is 0 Å². The van der Waals surface area contributed by atoms with Crippen LogP contribution < -0.4 is 4.74 Å². The second kappa shape index (κ2) is 10.1. The summed E-state index contributed by atoms with van der Waals surface area (Å²) in [5.74, 6) is -1.48. The van der Waals surface area contributed by atoms with Gasteiger partial charge in [0.25, 0.3) is 11.7 Å². The maximum atomic E-state index is 13.1. The van der Waals surface area contributed by atoms with Crippen molar-refractivity contribution in [2.45, 2.75) is 18.9 Å². The van der Waals surface area contributed by atoms with Gasteiger partial charge < -0.3 is 24.4 Å². The van der Waals surface area contributed by atoms with Gasteiger partial charge in [0.2, 0.25) is 0 Å². The number of carbonyl (C=O) groups is 3.